The molecule has 2 unspecified atom stereocenters. The third-order valence-electron chi connectivity index (χ3n) is 7.80. The average molecular weight is 583 g/mol. The van der Waals surface area contributed by atoms with Gasteiger partial charge in [0.15, 0.2) is 21.9 Å². The fourth-order valence-electron chi connectivity index (χ4n) is 5.52. The molecule has 3 aromatic rings. The Labute approximate surface area is 238 Å². The molecule has 3 aliphatic rings. The first-order chi connectivity index (χ1) is 19.3. The maximum Gasteiger partial charge on any atom is 0.404 e. The minimum absolute atomic E-state index is 0.0656. The monoisotopic (exact) mass is 582 g/mol. The Morgan fingerprint density at radius 3 is 2.62 bits per heavy atom. The van der Waals surface area contributed by atoms with Gasteiger partial charge in [0, 0.05) is 45.4 Å². The molecular weight excluding hydrogens is 548 g/mol. The van der Waals surface area contributed by atoms with Crippen molar-refractivity contribution in [3.05, 3.63) is 53.0 Å². The van der Waals surface area contributed by atoms with Crippen LogP contribution in [0.1, 0.15) is 68.2 Å². The van der Waals surface area contributed by atoms with Crippen molar-refractivity contribution < 1.29 is 23.1 Å². The number of amides is 1. The molecule has 1 saturated carbocycles. The summed E-state index contributed by atoms with van der Waals surface area (Å²) < 4.78 is 34.9. The lowest BCUT2D eigenvalue weighted by Gasteiger charge is -2.23. The van der Waals surface area contributed by atoms with Crippen LogP contribution < -0.4 is 10.6 Å². The number of ether oxygens (including phenoxy) is 1. The van der Waals surface area contributed by atoms with Crippen molar-refractivity contribution in [2.24, 2.45) is 0 Å². The maximum absolute atomic E-state index is 13.6. The molecule has 1 saturated heterocycles. The van der Waals surface area contributed by atoms with Crippen LogP contribution >= 0.6 is 11.3 Å². The fourth-order valence-corrected chi connectivity index (χ4v) is 8.59. The number of nitrogens with zero attached hydrogens (tertiary/aromatic N) is 2. The molecule has 212 valence electrons. The summed E-state index contributed by atoms with van der Waals surface area (Å²) in [4.78, 5) is 13.3. The van der Waals surface area contributed by atoms with Crippen LogP contribution in [0.15, 0.2) is 47.4 Å². The molecule has 0 radical (unpaired) electrons. The smallest absolute Gasteiger partial charge is 0.404 e. The van der Waals surface area contributed by atoms with Crippen LogP contribution in [0, 0.1) is 6.92 Å². The molecule has 3 N–H and O–H groups in total. The maximum atomic E-state index is 13.6. The molecule has 1 aromatic carbocycles. The van der Waals surface area contributed by atoms with E-state index < -0.39 is 15.9 Å². The topological polar surface area (TPSA) is 123 Å². The predicted octanol–water partition coefficient (Wildman–Crippen LogP) is 6.50. The van der Waals surface area contributed by atoms with Gasteiger partial charge in [-0.05, 0) is 88.1 Å². The van der Waals surface area contributed by atoms with E-state index >= 15 is 0 Å². The van der Waals surface area contributed by atoms with Gasteiger partial charge >= 0.3 is 6.09 Å². The first-order valence-electron chi connectivity index (χ1n) is 13.9. The molecule has 2 aromatic heterocycles. The van der Waals surface area contributed by atoms with Gasteiger partial charge < -0.3 is 20.5 Å². The average Bonchev–Trinajstić information content (AvgIpc) is 3.60. The Kier molecular flexibility index (Phi) is 7.45. The van der Waals surface area contributed by atoms with E-state index in [-0.39, 0.29) is 17.5 Å². The molecule has 6 rings (SSSR count). The number of aryl methyl sites for hydroxylation is 1. The second kappa shape index (κ2) is 11.0. The molecule has 40 heavy (non-hydrogen) atoms. The lowest BCUT2D eigenvalue weighted by Crippen LogP contribution is -2.34. The van der Waals surface area contributed by atoms with Crippen molar-refractivity contribution in [3.8, 4) is 10.4 Å². The van der Waals surface area contributed by atoms with Crippen molar-refractivity contribution in [3.63, 3.8) is 0 Å². The standard InChI is InChI=1S/C29H34N4O5S2/c1-18-16-27(32-33(18)28-4-2-3-15-38-28)30-21-9-12-23(26(17-21)40(36,37)22-10-11-22)25-14-13-24(39-25)19-5-7-20(8-6-19)31-29(34)35/h5,9,12-14,16-17,20,22,28,31H,2-4,6-8,10-11,15H2,1H3,(H,30,32)(H,34,35). The summed E-state index contributed by atoms with van der Waals surface area (Å²) in [6, 6.07) is 11.5. The van der Waals surface area contributed by atoms with Gasteiger partial charge in [-0.2, -0.15) is 5.10 Å². The van der Waals surface area contributed by atoms with Gasteiger partial charge in [-0.15, -0.1) is 11.3 Å². The van der Waals surface area contributed by atoms with Gasteiger partial charge in [0.2, 0.25) is 0 Å². The summed E-state index contributed by atoms with van der Waals surface area (Å²) in [6.45, 7) is 2.74. The summed E-state index contributed by atoms with van der Waals surface area (Å²) in [5.74, 6) is 0.660. The lowest BCUT2D eigenvalue weighted by atomic mass is 9.94. The zero-order valence-corrected chi connectivity index (χ0v) is 24.1. The summed E-state index contributed by atoms with van der Waals surface area (Å²) in [6.07, 6.45) is 7.70. The zero-order valence-electron chi connectivity index (χ0n) is 22.4. The van der Waals surface area contributed by atoms with Gasteiger partial charge in [-0.25, -0.2) is 17.9 Å². The van der Waals surface area contributed by atoms with Crippen LogP contribution in [0.25, 0.3) is 16.0 Å². The largest absolute Gasteiger partial charge is 0.465 e. The van der Waals surface area contributed by atoms with E-state index in [1.54, 1.807) is 17.4 Å². The van der Waals surface area contributed by atoms with E-state index in [1.807, 2.05) is 41.9 Å². The second-order valence-corrected chi connectivity index (χ2v) is 14.1. The molecule has 0 spiro atoms. The predicted molar refractivity (Wildman–Crippen MR) is 156 cm³/mol. The fraction of sp³-hybridized carbons (Fsp3) is 0.448. The highest BCUT2D eigenvalue weighted by Gasteiger charge is 2.38. The molecule has 2 fully saturated rings. The first-order valence-corrected chi connectivity index (χ1v) is 16.3. The molecule has 0 bridgehead atoms. The van der Waals surface area contributed by atoms with E-state index in [4.69, 9.17) is 14.9 Å². The second-order valence-electron chi connectivity index (χ2n) is 10.8. The van der Waals surface area contributed by atoms with Crippen LogP contribution in [-0.4, -0.2) is 47.3 Å². The summed E-state index contributed by atoms with van der Waals surface area (Å²) in [5, 5.41) is 19.3. The van der Waals surface area contributed by atoms with Crippen molar-refractivity contribution >= 4 is 44.3 Å². The van der Waals surface area contributed by atoms with E-state index in [0.29, 0.717) is 41.2 Å². The Morgan fingerprint density at radius 2 is 1.93 bits per heavy atom. The number of rotatable bonds is 8. The number of hydrogen-bond acceptors (Lipinski definition) is 7. The molecule has 2 aliphatic carbocycles. The SMILES string of the molecule is Cc1cc(Nc2ccc(-c3ccc(C4=CCC(NC(=O)O)CC4)s3)c(S(=O)(=O)C3CC3)c2)nn1C1CCCCO1. The molecule has 11 heteroatoms. The number of carbonyl (C=O) groups is 1. The van der Waals surface area contributed by atoms with E-state index in [0.717, 1.165) is 54.2 Å². The van der Waals surface area contributed by atoms with Crippen LogP contribution in [-0.2, 0) is 14.6 Å². The highest BCUT2D eigenvalue weighted by Crippen LogP contribution is 2.43. The van der Waals surface area contributed by atoms with E-state index in [2.05, 4.69) is 16.7 Å². The van der Waals surface area contributed by atoms with Crippen LogP contribution in [0.2, 0.25) is 0 Å². The molecule has 1 amide bonds. The Morgan fingerprint density at radius 1 is 1.10 bits per heavy atom. The van der Waals surface area contributed by atoms with Crippen LogP contribution in [0.5, 0.6) is 0 Å². The third-order valence-corrected chi connectivity index (χ3v) is 11.3. The number of benzene rings is 1. The van der Waals surface area contributed by atoms with Gasteiger partial charge in [0.05, 0.1) is 10.1 Å². The normalized spacial score (nSPS) is 21.6. The van der Waals surface area contributed by atoms with E-state index in [9.17, 15) is 13.2 Å². The molecule has 3 heterocycles. The number of sulfone groups is 1. The highest BCUT2D eigenvalue weighted by atomic mass is 32.2. The Bertz CT molecular complexity index is 1550. The number of aromatic nitrogens is 2. The number of hydrogen-bond donors (Lipinski definition) is 3. The minimum Gasteiger partial charge on any atom is -0.465 e. The lowest BCUT2D eigenvalue weighted by molar-refractivity contribution is -0.0404. The van der Waals surface area contributed by atoms with Crippen LogP contribution in [0.4, 0.5) is 16.3 Å². The molecule has 2 atom stereocenters. The number of carboxylic acid groups (broad SMARTS) is 1. The quantitative estimate of drug-likeness (QED) is 0.277. The van der Waals surface area contributed by atoms with Gasteiger partial charge in [-0.3, -0.25) is 0 Å². The van der Waals surface area contributed by atoms with Gasteiger partial charge in [0.25, 0.3) is 0 Å². The molecular formula is C29H34N4O5S2. The van der Waals surface area contributed by atoms with Crippen molar-refractivity contribution in [1.29, 1.82) is 0 Å². The Hall–Kier alpha value is -3.15. The Balaban J connectivity index is 1.27. The minimum atomic E-state index is -3.47. The van der Waals surface area contributed by atoms with Crippen molar-refractivity contribution in [2.75, 3.05) is 11.9 Å². The van der Waals surface area contributed by atoms with Gasteiger partial charge in [-0.1, -0.05) is 12.1 Å². The van der Waals surface area contributed by atoms with Crippen molar-refractivity contribution in [1.82, 2.24) is 15.1 Å². The van der Waals surface area contributed by atoms with E-state index in [1.165, 1.54) is 5.57 Å². The molecule has 1 aliphatic heterocycles. The number of allylic oxidation sites excluding steroid dienone is 1. The van der Waals surface area contributed by atoms with Gasteiger partial charge in [0.1, 0.15) is 0 Å². The first kappa shape index (κ1) is 27.0. The van der Waals surface area contributed by atoms with Crippen LogP contribution in [0.3, 0.4) is 0 Å². The highest BCUT2D eigenvalue weighted by molar-refractivity contribution is 7.92. The zero-order chi connectivity index (χ0) is 27.9. The molecule has 9 nitrogen and oxygen atoms in total. The summed E-state index contributed by atoms with van der Waals surface area (Å²) in [5.41, 5.74) is 3.57. The summed E-state index contributed by atoms with van der Waals surface area (Å²) >= 11 is 1.58. The third kappa shape index (κ3) is 5.68. The number of thiophene rings is 1. The number of anilines is 2. The van der Waals surface area contributed by atoms with Crippen molar-refractivity contribution in [2.45, 2.75) is 80.7 Å². The summed E-state index contributed by atoms with van der Waals surface area (Å²) in [7, 11) is -3.47. The number of nitrogens with one attached hydrogen (secondary N) is 2.